The fourth-order valence-corrected chi connectivity index (χ4v) is 3.36. The fraction of sp³-hybridized carbons (Fsp3) is 0.375. The van der Waals surface area contributed by atoms with Crippen molar-refractivity contribution in [3.63, 3.8) is 0 Å². The van der Waals surface area contributed by atoms with Gasteiger partial charge in [0, 0.05) is 17.6 Å². The Kier molecular flexibility index (Phi) is 3.31. The fourth-order valence-electron chi connectivity index (χ4n) is 3.36. The molecule has 6 heteroatoms. The van der Waals surface area contributed by atoms with E-state index in [2.05, 4.69) is 20.6 Å². The second-order valence-corrected chi connectivity index (χ2v) is 5.97. The maximum atomic E-state index is 12.3. The summed E-state index contributed by atoms with van der Waals surface area (Å²) in [6.07, 6.45) is 5.43. The van der Waals surface area contributed by atoms with E-state index < -0.39 is 0 Å². The lowest BCUT2D eigenvalue weighted by atomic mass is 10.1. The van der Waals surface area contributed by atoms with Gasteiger partial charge in [0.25, 0.3) is 5.91 Å². The molecule has 4 rings (SSSR count). The van der Waals surface area contributed by atoms with Crippen LogP contribution < -0.4 is 15.4 Å². The second kappa shape index (κ2) is 5.46. The number of hydrogen-bond donors (Lipinski definition) is 3. The molecule has 2 bridgehead atoms. The Balaban J connectivity index is 1.38. The van der Waals surface area contributed by atoms with Crippen LogP contribution in [0, 0.1) is 5.92 Å². The van der Waals surface area contributed by atoms with Gasteiger partial charge < -0.3 is 20.4 Å². The Morgan fingerprint density at radius 1 is 1.27 bits per heavy atom. The maximum Gasteiger partial charge on any atom is 0.251 e. The van der Waals surface area contributed by atoms with E-state index in [-0.39, 0.29) is 11.9 Å². The van der Waals surface area contributed by atoms with Crippen molar-refractivity contribution in [3.05, 3.63) is 42.4 Å². The van der Waals surface area contributed by atoms with Crippen molar-refractivity contribution < 1.29 is 9.53 Å². The number of ether oxygens (including phenoxy) is 1. The van der Waals surface area contributed by atoms with Gasteiger partial charge in [0.05, 0.1) is 12.5 Å². The van der Waals surface area contributed by atoms with E-state index in [0.717, 1.165) is 18.9 Å². The summed E-state index contributed by atoms with van der Waals surface area (Å²) in [4.78, 5) is 19.1. The van der Waals surface area contributed by atoms with E-state index in [0.29, 0.717) is 23.2 Å². The minimum absolute atomic E-state index is 0.0209. The minimum atomic E-state index is -0.0209. The highest BCUT2D eigenvalue weighted by Gasteiger charge is 2.39. The zero-order valence-corrected chi connectivity index (χ0v) is 12.1. The largest absolute Gasteiger partial charge is 0.439 e. The van der Waals surface area contributed by atoms with Crippen molar-refractivity contribution in [2.75, 3.05) is 6.54 Å². The third-order valence-corrected chi connectivity index (χ3v) is 4.46. The molecule has 2 fully saturated rings. The molecule has 3 N–H and O–H groups in total. The number of carbonyl (C=O) groups is 1. The lowest BCUT2D eigenvalue weighted by Crippen LogP contribution is -2.47. The molecule has 1 aliphatic heterocycles. The van der Waals surface area contributed by atoms with Crippen LogP contribution in [0.1, 0.15) is 23.2 Å². The van der Waals surface area contributed by atoms with Gasteiger partial charge >= 0.3 is 0 Å². The number of imidazole rings is 1. The highest BCUT2D eigenvalue weighted by molar-refractivity contribution is 5.94. The van der Waals surface area contributed by atoms with Gasteiger partial charge in [0.2, 0.25) is 5.88 Å². The number of nitrogens with one attached hydrogen (secondary N) is 3. The topological polar surface area (TPSA) is 79.0 Å². The van der Waals surface area contributed by atoms with Crippen LogP contribution in [0.2, 0.25) is 0 Å². The average molecular weight is 298 g/mol. The maximum absolute atomic E-state index is 12.3. The van der Waals surface area contributed by atoms with Gasteiger partial charge in [-0.1, -0.05) is 0 Å². The van der Waals surface area contributed by atoms with Crippen molar-refractivity contribution in [3.8, 4) is 11.6 Å². The zero-order valence-electron chi connectivity index (χ0n) is 12.1. The smallest absolute Gasteiger partial charge is 0.251 e. The summed E-state index contributed by atoms with van der Waals surface area (Å²) in [5, 5.41) is 6.59. The van der Waals surface area contributed by atoms with E-state index in [1.807, 2.05) is 0 Å². The number of piperidine rings is 1. The molecule has 6 nitrogen and oxygen atoms in total. The number of rotatable bonds is 4. The molecule has 2 aromatic rings. The van der Waals surface area contributed by atoms with Gasteiger partial charge in [-0.3, -0.25) is 4.79 Å². The van der Waals surface area contributed by atoms with Crippen molar-refractivity contribution >= 4 is 5.91 Å². The summed E-state index contributed by atoms with van der Waals surface area (Å²) in [6.45, 7) is 1.09. The number of fused-ring (bicyclic) bond motifs is 2. The molecule has 1 aliphatic carbocycles. The van der Waals surface area contributed by atoms with Crippen LogP contribution in [0.4, 0.5) is 0 Å². The highest BCUT2D eigenvalue weighted by atomic mass is 16.5. The van der Waals surface area contributed by atoms with E-state index >= 15 is 0 Å². The average Bonchev–Trinajstić information content (AvgIpc) is 3.25. The number of benzene rings is 1. The van der Waals surface area contributed by atoms with Crippen LogP contribution >= 0.6 is 0 Å². The number of amides is 1. The third-order valence-electron chi connectivity index (χ3n) is 4.46. The van der Waals surface area contributed by atoms with Crippen LogP contribution in [-0.4, -0.2) is 34.5 Å². The lowest BCUT2D eigenvalue weighted by Gasteiger charge is -2.24. The van der Waals surface area contributed by atoms with E-state index in [4.69, 9.17) is 4.74 Å². The van der Waals surface area contributed by atoms with Crippen LogP contribution in [0.25, 0.3) is 0 Å². The van der Waals surface area contributed by atoms with Crippen LogP contribution in [0.3, 0.4) is 0 Å². The normalized spacial score (nSPS) is 26.1. The number of aromatic amines is 1. The Morgan fingerprint density at radius 2 is 2.14 bits per heavy atom. The van der Waals surface area contributed by atoms with E-state index in [9.17, 15) is 4.79 Å². The molecule has 1 saturated carbocycles. The third kappa shape index (κ3) is 2.57. The number of aromatic nitrogens is 2. The molecule has 3 unspecified atom stereocenters. The summed E-state index contributed by atoms with van der Waals surface area (Å²) in [5.74, 6) is 1.94. The number of carbonyl (C=O) groups excluding carboxylic acids is 1. The first-order valence-corrected chi connectivity index (χ1v) is 7.58. The van der Waals surface area contributed by atoms with E-state index in [1.165, 1.54) is 6.42 Å². The molecule has 2 heterocycles. The van der Waals surface area contributed by atoms with Crippen molar-refractivity contribution in [1.82, 2.24) is 20.6 Å². The van der Waals surface area contributed by atoms with Gasteiger partial charge in [0.1, 0.15) is 5.75 Å². The summed E-state index contributed by atoms with van der Waals surface area (Å²) in [6, 6.07) is 7.83. The number of nitrogens with zero attached hydrogens (tertiary/aromatic N) is 1. The zero-order chi connectivity index (χ0) is 14.9. The molecule has 22 heavy (non-hydrogen) atoms. The molecule has 1 aromatic heterocycles. The first kappa shape index (κ1) is 13.3. The van der Waals surface area contributed by atoms with Gasteiger partial charge in [-0.25, -0.2) is 4.98 Å². The molecular weight excluding hydrogens is 280 g/mol. The standard InChI is InChI=1S/C16H18N4O2/c21-16(20-14-6-10-5-13(14)18-7-10)11-1-3-12(4-2-11)22-15-8-17-9-19-15/h1-4,8-10,13-14,18H,5-7H2,(H,17,19)(H,20,21). The molecule has 1 aromatic carbocycles. The Morgan fingerprint density at radius 3 is 2.77 bits per heavy atom. The molecule has 114 valence electrons. The second-order valence-electron chi connectivity index (χ2n) is 5.97. The van der Waals surface area contributed by atoms with Crippen molar-refractivity contribution in [1.29, 1.82) is 0 Å². The first-order valence-electron chi connectivity index (χ1n) is 7.58. The predicted molar refractivity (Wildman–Crippen MR) is 80.9 cm³/mol. The molecule has 1 saturated heterocycles. The van der Waals surface area contributed by atoms with Crippen LogP contribution in [0.5, 0.6) is 11.6 Å². The quantitative estimate of drug-likeness (QED) is 0.802. The highest BCUT2D eigenvalue weighted by Crippen LogP contribution is 2.31. The van der Waals surface area contributed by atoms with Gasteiger partial charge in [0.15, 0.2) is 0 Å². The van der Waals surface area contributed by atoms with Crippen molar-refractivity contribution in [2.45, 2.75) is 24.9 Å². The minimum Gasteiger partial charge on any atom is -0.439 e. The van der Waals surface area contributed by atoms with Crippen LogP contribution in [-0.2, 0) is 0 Å². The molecule has 0 spiro atoms. The Hall–Kier alpha value is -2.34. The molecule has 0 radical (unpaired) electrons. The molecule has 1 amide bonds. The molecule has 2 aliphatic rings. The molecular formula is C16H18N4O2. The summed E-state index contributed by atoms with van der Waals surface area (Å²) in [7, 11) is 0. The SMILES string of the molecule is O=C(NC1CC2CNC1C2)c1ccc(Oc2cnc[nH]2)cc1. The van der Waals surface area contributed by atoms with Crippen LogP contribution in [0.15, 0.2) is 36.8 Å². The van der Waals surface area contributed by atoms with E-state index in [1.54, 1.807) is 36.8 Å². The van der Waals surface area contributed by atoms with Gasteiger partial charge in [-0.2, -0.15) is 0 Å². The number of H-pyrrole nitrogens is 1. The Labute approximate surface area is 128 Å². The van der Waals surface area contributed by atoms with Gasteiger partial charge in [-0.15, -0.1) is 0 Å². The predicted octanol–water partition coefficient (Wildman–Crippen LogP) is 1.68. The number of hydrogen-bond acceptors (Lipinski definition) is 4. The molecule has 3 atom stereocenters. The first-order chi connectivity index (χ1) is 10.8. The van der Waals surface area contributed by atoms with Crippen molar-refractivity contribution in [2.24, 2.45) is 5.92 Å². The lowest BCUT2D eigenvalue weighted by molar-refractivity contribution is 0.0928. The summed E-state index contributed by atoms with van der Waals surface area (Å²) < 4.78 is 5.57. The summed E-state index contributed by atoms with van der Waals surface area (Å²) >= 11 is 0. The van der Waals surface area contributed by atoms with Gasteiger partial charge in [-0.05, 0) is 49.6 Å². The monoisotopic (exact) mass is 298 g/mol. The Bertz CT molecular complexity index is 653. The summed E-state index contributed by atoms with van der Waals surface area (Å²) in [5.41, 5.74) is 0.653.